The lowest BCUT2D eigenvalue weighted by atomic mass is 10.0. The molecule has 0 fully saturated rings. The van der Waals surface area contributed by atoms with Crippen molar-refractivity contribution in [1.82, 2.24) is 0 Å². The zero-order chi connectivity index (χ0) is 10.8. The zero-order valence-electron chi connectivity index (χ0n) is 7.74. The van der Waals surface area contributed by atoms with Gasteiger partial charge in [-0.3, -0.25) is 0 Å². The highest BCUT2D eigenvalue weighted by Crippen LogP contribution is 2.29. The molecule has 0 amide bonds. The Balaban J connectivity index is 2.58. The first-order valence-electron chi connectivity index (χ1n) is 4.41. The molecular weight excluding hydrogens is 198 g/mol. The molecule has 2 rings (SSSR count). The SMILES string of the molecule is Oc1ccc(F)cc1-c1cccc(F)c1. The largest absolute Gasteiger partial charge is 0.507 e. The van der Waals surface area contributed by atoms with Gasteiger partial charge in [0.1, 0.15) is 17.4 Å². The van der Waals surface area contributed by atoms with Crippen LogP contribution in [-0.2, 0) is 0 Å². The van der Waals surface area contributed by atoms with E-state index in [1.807, 2.05) is 0 Å². The van der Waals surface area contributed by atoms with Crippen molar-refractivity contribution in [3.63, 3.8) is 0 Å². The number of aromatic hydroxyl groups is 1. The minimum Gasteiger partial charge on any atom is -0.507 e. The Labute approximate surface area is 85.6 Å². The maximum Gasteiger partial charge on any atom is 0.124 e. The molecule has 0 bridgehead atoms. The van der Waals surface area contributed by atoms with Crippen LogP contribution in [0.2, 0.25) is 0 Å². The van der Waals surface area contributed by atoms with E-state index in [-0.39, 0.29) is 11.3 Å². The molecule has 0 aliphatic heterocycles. The molecule has 2 aromatic carbocycles. The van der Waals surface area contributed by atoms with Crippen molar-refractivity contribution < 1.29 is 13.9 Å². The highest BCUT2D eigenvalue weighted by atomic mass is 19.1. The van der Waals surface area contributed by atoms with E-state index in [0.29, 0.717) is 5.56 Å². The molecule has 0 unspecified atom stereocenters. The Morgan fingerprint density at radius 2 is 1.60 bits per heavy atom. The van der Waals surface area contributed by atoms with Crippen molar-refractivity contribution in [1.29, 1.82) is 0 Å². The number of phenols is 1. The number of rotatable bonds is 1. The average Bonchev–Trinajstić information content (AvgIpc) is 2.22. The molecule has 0 heterocycles. The quantitative estimate of drug-likeness (QED) is 0.758. The molecule has 15 heavy (non-hydrogen) atoms. The van der Waals surface area contributed by atoms with Crippen molar-refractivity contribution in [2.45, 2.75) is 0 Å². The van der Waals surface area contributed by atoms with Crippen LogP contribution in [0.4, 0.5) is 8.78 Å². The molecule has 0 radical (unpaired) electrons. The second kappa shape index (κ2) is 3.69. The summed E-state index contributed by atoms with van der Waals surface area (Å²) >= 11 is 0. The summed E-state index contributed by atoms with van der Waals surface area (Å²) in [4.78, 5) is 0. The summed E-state index contributed by atoms with van der Waals surface area (Å²) in [6, 6.07) is 9.22. The van der Waals surface area contributed by atoms with Crippen LogP contribution in [0, 0.1) is 11.6 Å². The van der Waals surface area contributed by atoms with Crippen LogP contribution in [0.3, 0.4) is 0 Å². The van der Waals surface area contributed by atoms with Gasteiger partial charge in [0.15, 0.2) is 0 Å². The summed E-state index contributed by atoms with van der Waals surface area (Å²) in [6.07, 6.45) is 0. The van der Waals surface area contributed by atoms with Crippen LogP contribution in [0.15, 0.2) is 42.5 Å². The third-order valence-corrected chi connectivity index (χ3v) is 2.09. The predicted octanol–water partition coefficient (Wildman–Crippen LogP) is 3.34. The van der Waals surface area contributed by atoms with Crippen LogP contribution in [0.1, 0.15) is 0 Å². The number of halogens is 2. The standard InChI is InChI=1S/C12H8F2O/c13-9-3-1-2-8(6-9)11-7-10(14)4-5-12(11)15/h1-7,15H. The van der Waals surface area contributed by atoms with Crippen LogP contribution in [0.5, 0.6) is 5.75 Å². The fourth-order valence-corrected chi connectivity index (χ4v) is 1.40. The van der Waals surface area contributed by atoms with Crippen molar-refractivity contribution in [3.05, 3.63) is 54.1 Å². The fourth-order valence-electron chi connectivity index (χ4n) is 1.40. The van der Waals surface area contributed by atoms with Gasteiger partial charge in [-0.2, -0.15) is 0 Å². The van der Waals surface area contributed by atoms with Gasteiger partial charge in [-0.1, -0.05) is 12.1 Å². The molecule has 2 aromatic rings. The smallest absolute Gasteiger partial charge is 0.124 e. The number of hydrogen-bond acceptors (Lipinski definition) is 1. The van der Waals surface area contributed by atoms with E-state index in [1.165, 1.54) is 30.3 Å². The van der Waals surface area contributed by atoms with Crippen LogP contribution in [0.25, 0.3) is 11.1 Å². The van der Waals surface area contributed by atoms with Gasteiger partial charge < -0.3 is 5.11 Å². The summed E-state index contributed by atoms with van der Waals surface area (Å²) < 4.78 is 25.8. The molecule has 76 valence electrons. The summed E-state index contributed by atoms with van der Waals surface area (Å²) in [5.74, 6) is -0.953. The van der Waals surface area contributed by atoms with E-state index in [4.69, 9.17) is 0 Å². The van der Waals surface area contributed by atoms with Gasteiger partial charge in [0.2, 0.25) is 0 Å². The lowest BCUT2D eigenvalue weighted by Gasteiger charge is -2.04. The molecule has 0 saturated heterocycles. The second-order valence-electron chi connectivity index (χ2n) is 3.17. The Morgan fingerprint density at radius 3 is 2.33 bits per heavy atom. The highest BCUT2D eigenvalue weighted by Gasteiger charge is 2.06. The average molecular weight is 206 g/mol. The van der Waals surface area contributed by atoms with Gasteiger partial charge in [0, 0.05) is 5.56 Å². The van der Waals surface area contributed by atoms with Gasteiger partial charge in [-0.25, -0.2) is 8.78 Å². The maximum atomic E-state index is 12.9. The van der Waals surface area contributed by atoms with Crippen molar-refractivity contribution >= 4 is 0 Å². The van der Waals surface area contributed by atoms with Gasteiger partial charge in [-0.15, -0.1) is 0 Å². The molecule has 0 aliphatic carbocycles. The Kier molecular flexibility index (Phi) is 2.37. The van der Waals surface area contributed by atoms with Crippen LogP contribution >= 0.6 is 0 Å². The van der Waals surface area contributed by atoms with Gasteiger partial charge in [0.25, 0.3) is 0 Å². The van der Waals surface area contributed by atoms with E-state index in [0.717, 1.165) is 6.07 Å². The maximum absolute atomic E-state index is 12.9. The molecule has 1 N–H and O–H groups in total. The molecule has 3 heteroatoms. The number of phenolic OH excluding ortho intramolecular Hbond substituents is 1. The van der Waals surface area contributed by atoms with Gasteiger partial charge in [-0.05, 0) is 35.9 Å². The zero-order valence-corrected chi connectivity index (χ0v) is 7.74. The normalized spacial score (nSPS) is 10.3. The van der Waals surface area contributed by atoms with E-state index >= 15 is 0 Å². The fraction of sp³-hybridized carbons (Fsp3) is 0. The van der Waals surface area contributed by atoms with Crippen LogP contribution in [-0.4, -0.2) is 5.11 Å². The van der Waals surface area contributed by atoms with E-state index in [9.17, 15) is 13.9 Å². The summed E-state index contributed by atoms with van der Waals surface area (Å²) in [5, 5.41) is 9.49. The Morgan fingerprint density at radius 1 is 0.867 bits per heavy atom. The highest BCUT2D eigenvalue weighted by molar-refractivity contribution is 5.69. The first-order valence-corrected chi connectivity index (χ1v) is 4.41. The number of benzene rings is 2. The van der Waals surface area contributed by atoms with E-state index < -0.39 is 11.6 Å². The molecule has 0 atom stereocenters. The third kappa shape index (κ3) is 1.96. The monoisotopic (exact) mass is 206 g/mol. The Hall–Kier alpha value is -1.90. The summed E-state index contributed by atoms with van der Waals surface area (Å²) in [7, 11) is 0. The minimum atomic E-state index is -0.466. The van der Waals surface area contributed by atoms with Crippen molar-refractivity contribution in [2.24, 2.45) is 0 Å². The first kappa shape index (κ1) is 9.65. The molecule has 1 nitrogen and oxygen atoms in total. The molecule has 0 aromatic heterocycles. The lowest BCUT2D eigenvalue weighted by molar-refractivity contribution is 0.475. The molecular formula is C12H8F2O. The molecule has 0 aliphatic rings. The summed E-state index contributed by atoms with van der Waals surface area (Å²) in [6.45, 7) is 0. The van der Waals surface area contributed by atoms with Crippen LogP contribution < -0.4 is 0 Å². The minimum absolute atomic E-state index is 0.0676. The van der Waals surface area contributed by atoms with Gasteiger partial charge in [0.05, 0.1) is 0 Å². The number of hydrogen-bond donors (Lipinski definition) is 1. The van der Waals surface area contributed by atoms with E-state index in [1.54, 1.807) is 6.07 Å². The topological polar surface area (TPSA) is 20.2 Å². The molecule has 0 spiro atoms. The molecule has 0 saturated carbocycles. The third-order valence-electron chi connectivity index (χ3n) is 2.09. The second-order valence-corrected chi connectivity index (χ2v) is 3.17. The first-order chi connectivity index (χ1) is 7.16. The Bertz CT molecular complexity index is 495. The van der Waals surface area contributed by atoms with E-state index in [2.05, 4.69) is 0 Å². The summed E-state index contributed by atoms with van der Waals surface area (Å²) in [5.41, 5.74) is 0.738. The van der Waals surface area contributed by atoms with Gasteiger partial charge >= 0.3 is 0 Å². The van der Waals surface area contributed by atoms with Crippen molar-refractivity contribution in [3.8, 4) is 16.9 Å². The predicted molar refractivity (Wildman–Crippen MR) is 53.5 cm³/mol. The van der Waals surface area contributed by atoms with Crippen molar-refractivity contribution in [2.75, 3.05) is 0 Å². The lowest BCUT2D eigenvalue weighted by Crippen LogP contribution is -1.83.